The van der Waals surface area contributed by atoms with Gasteiger partial charge >= 0.3 is 0 Å². The number of thiophene rings is 1. The van der Waals surface area contributed by atoms with Gasteiger partial charge in [-0.1, -0.05) is 29.8 Å². The van der Waals surface area contributed by atoms with E-state index >= 15 is 0 Å². The van der Waals surface area contributed by atoms with Gasteiger partial charge < -0.3 is 5.73 Å². The molecule has 1 unspecified atom stereocenters. The first-order valence-corrected chi connectivity index (χ1v) is 8.35. The Kier molecular flexibility index (Phi) is 4.17. The first kappa shape index (κ1) is 13.8. The molecule has 1 atom stereocenters. The molecule has 0 saturated carbocycles. The molecule has 0 saturated heterocycles. The van der Waals surface area contributed by atoms with Gasteiger partial charge in [-0.05, 0) is 29.1 Å². The van der Waals surface area contributed by atoms with Gasteiger partial charge in [-0.25, -0.2) is 4.98 Å². The minimum Gasteiger partial charge on any atom is -0.324 e. The molecule has 0 spiro atoms. The summed E-state index contributed by atoms with van der Waals surface area (Å²) in [6.07, 6.45) is 0.748. The second-order valence-electron chi connectivity index (χ2n) is 4.47. The van der Waals surface area contributed by atoms with E-state index in [1.807, 2.05) is 30.3 Å². The van der Waals surface area contributed by atoms with Crippen LogP contribution in [0.4, 0.5) is 0 Å². The zero-order valence-corrected chi connectivity index (χ0v) is 13.0. The Labute approximate surface area is 130 Å². The average Bonchev–Trinajstić information content (AvgIpc) is 3.09. The molecule has 5 heteroatoms. The fourth-order valence-corrected chi connectivity index (χ4v) is 3.70. The Morgan fingerprint density at radius 1 is 1.15 bits per heavy atom. The molecule has 1 aromatic carbocycles. The van der Waals surface area contributed by atoms with Crippen molar-refractivity contribution in [2.24, 2.45) is 5.73 Å². The topological polar surface area (TPSA) is 38.9 Å². The van der Waals surface area contributed by atoms with E-state index in [0.717, 1.165) is 27.7 Å². The summed E-state index contributed by atoms with van der Waals surface area (Å²) in [7, 11) is 0. The SMILES string of the molecule is NC(Cc1nc(-c2cccs2)cs1)c1ccc(Cl)cc1. The number of nitrogens with zero attached hydrogens (tertiary/aromatic N) is 1. The summed E-state index contributed by atoms with van der Waals surface area (Å²) < 4.78 is 0. The van der Waals surface area contributed by atoms with Gasteiger partial charge in [-0.15, -0.1) is 22.7 Å². The first-order valence-electron chi connectivity index (χ1n) is 6.22. The van der Waals surface area contributed by atoms with Crippen LogP contribution in [-0.4, -0.2) is 4.98 Å². The lowest BCUT2D eigenvalue weighted by Crippen LogP contribution is -2.13. The normalized spacial score (nSPS) is 12.5. The van der Waals surface area contributed by atoms with Gasteiger partial charge in [0.1, 0.15) is 0 Å². The number of aromatic nitrogens is 1. The standard InChI is InChI=1S/C15H13ClN2S2/c16-11-5-3-10(4-6-11)12(17)8-15-18-13(9-20-15)14-2-1-7-19-14/h1-7,9,12H,8,17H2. The van der Waals surface area contributed by atoms with Crippen molar-refractivity contribution < 1.29 is 0 Å². The fraction of sp³-hybridized carbons (Fsp3) is 0.133. The van der Waals surface area contributed by atoms with Crippen LogP contribution in [0.3, 0.4) is 0 Å². The lowest BCUT2D eigenvalue weighted by atomic mass is 10.1. The Bertz CT molecular complexity index is 674. The summed E-state index contributed by atoms with van der Waals surface area (Å²) >= 11 is 9.25. The van der Waals surface area contributed by atoms with Crippen LogP contribution in [0, 0.1) is 0 Å². The molecule has 0 aliphatic carbocycles. The summed E-state index contributed by atoms with van der Waals surface area (Å²) in [5, 5.41) is 5.95. The average molecular weight is 321 g/mol. The van der Waals surface area contributed by atoms with Crippen molar-refractivity contribution in [3.63, 3.8) is 0 Å². The summed E-state index contributed by atoms with van der Waals surface area (Å²) in [6, 6.07) is 11.8. The maximum Gasteiger partial charge on any atom is 0.0951 e. The van der Waals surface area contributed by atoms with Gasteiger partial charge in [-0.3, -0.25) is 0 Å². The molecule has 0 radical (unpaired) electrons. The zero-order chi connectivity index (χ0) is 13.9. The van der Waals surface area contributed by atoms with Gasteiger partial charge in [0.15, 0.2) is 0 Å². The number of rotatable bonds is 4. The minimum atomic E-state index is -0.0467. The highest BCUT2D eigenvalue weighted by molar-refractivity contribution is 7.14. The fourth-order valence-electron chi connectivity index (χ4n) is 1.96. The van der Waals surface area contributed by atoms with Crippen molar-refractivity contribution in [3.05, 3.63) is 62.8 Å². The van der Waals surface area contributed by atoms with Crippen molar-refractivity contribution in [2.75, 3.05) is 0 Å². The third kappa shape index (κ3) is 3.10. The smallest absolute Gasteiger partial charge is 0.0951 e. The highest BCUT2D eigenvalue weighted by Gasteiger charge is 2.11. The predicted octanol–water partition coefficient (Wildman–Crippen LogP) is 4.77. The molecule has 2 aromatic heterocycles. The second kappa shape index (κ2) is 6.06. The van der Waals surface area contributed by atoms with E-state index in [-0.39, 0.29) is 6.04 Å². The monoisotopic (exact) mass is 320 g/mol. The number of hydrogen-bond acceptors (Lipinski definition) is 4. The molecule has 3 aromatic rings. The Morgan fingerprint density at radius 3 is 2.65 bits per heavy atom. The number of halogens is 1. The summed E-state index contributed by atoms with van der Waals surface area (Å²) in [5.41, 5.74) is 8.36. The van der Waals surface area contributed by atoms with Crippen LogP contribution in [0.15, 0.2) is 47.2 Å². The van der Waals surface area contributed by atoms with Crippen LogP contribution in [0.1, 0.15) is 16.6 Å². The lowest BCUT2D eigenvalue weighted by Gasteiger charge is -2.10. The molecule has 0 aliphatic rings. The van der Waals surface area contributed by atoms with E-state index in [9.17, 15) is 0 Å². The van der Waals surface area contributed by atoms with Crippen molar-refractivity contribution in [2.45, 2.75) is 12.5 Å². The molecule has 0 bridgehead atoms. The number of nitrogens with two attached hydrogens (primary N) is 1. The Morgan fingerprint density at radius 2 is 1.95 bits per heavy atom. The van der Waals surface area contributed by atoms with Crippen LogP contribution in [0.5, 0.6) is 0 Å². The maximum absolute atomic E-state index is 6.23. The molecule has 0 fully saturated rings. The number of benzene rings is 1. The highest BCUT2D eigenvalue weighted by Crippen LogP contribution is 2.28. The molecule has 0 aliphatic heterocycles. The Balaban J connectivity index is 1.73. The summed E-state index contributed by atoms with van der Waals surface area (Å²) in [6.45, 7) is 0. The summed E-state index contributed by atoms with van der Waals surface area (Å²) in [5.74, 6) is 0. The quantitative estimate of drug-likeness (QED) is 0.752. The molecule has 3 rings (SSSR count). The molecule has 102 valence electrons. The molecule has 2 nitrogen and oxygen atoms in total. The Hall–Kier alpha value is -1.20. The van der Waals surface area contributed by atoms with E-state index in [1.165, 1.54) is 4.88 Å². The van der Waals surface area contributed by atoms with Gasteiger partial charge in [0, 0.05) is 22.9 Å². The molecule has 20 heavy (non-hydrogen) atoms. The van der Waals surface area contributed by atoms with E-state index in [0.29, 0.717) is 0 Å². The first-order chi connectivity index (χ1) is 9.72. The van der Waals surface area contributed by atoms with Crippen LogP contribution in [-0.2, 0) is 6.42 Å². The van der Waals surface area contributed by atoms with Crippen LogP contribution >= 0.6 is 34.3 Å². The van der Waals surface area contributed by atoms with Crippen molar-refractivity contribution in [3.8, 4) is 10.6 Å². The van der Waals surface area contributed by atoms with Gasteiger partial charge in [0.2, 0.25) is 0 Å². The lowest BCUT2D eigenvalue weighted by molar-refractivity contribution is 0.718. The van der Waals surface area contributed by atoms with E-state index in [4.69, 9.17) is 17.3 Å². The van der Waals surface area contributed by atoms with Crippen molar-refractivity contribution in [1.29, 1.82) is 0 Å². The van der Waals surface area contributed by atoms with E-state index in [1.54, 1.807) is 22.7 Å². The molecule has 2 heterocycles. The predicted molar refractivity (Wildman–Crippen MR) is 87.5 cm³/mol. The van der Waals surface area contributed by atoms with Crippen LogP contribution in [0.2, 0.25) is 5.02 Å². The molecular weight excluding hydrogens is 308 g/mol. The third-order valence-corrected chi connectivity index (χ3v) is 5.03. The zero-order valence-electron chi connectivity index (χ0n) is 10.6. The summed E-state index contributed by atoms with van der Waals surface area (Å²) in [4.78, 5) is 5.86. The molecule has 0 amide bonds. The van der Waals surface area contributed by atoms with Crippen LogP contribution < -0.4 is 5.73 Å². The maximum atomic E-state index is 6.23. The van der Waals surface area contributed by atoms with Gasteiger partial charge in [0.25, 0.3) is 0 Å². The van der Waals surface area contributed by atoms with Gasteiger partial charge in [0.05, 0.1) is 15.6 Å². The van der Waals surface area contributed by atoms with E-state index < -0.39 is 0 Å². The molecular formula is C15H13ClN2S2. The largest absolute Gasteiger partial charge is 0.324 e. The van der Waals surface area contributed by atoms with Crippen molar-refractivity contribution >= 4 is 34.3 Å². The van der Waals surface area contributed by atoms with E-state index in [2.05, 4.69) is 21.8 Å². The third-order valence-electron chi connectivity index (χ3n) is 3.02. The van der Waals surface area contributed by atoms with Crippen LogP contribution in [0.25, 0.3) is 10.6 Å². The highest BCUT2D eigenvalue weighted by atomic mass is 35.5. The second-order valence-corrected chi connectivity index (χ2v) is 6.79. The van der Waals surface area contributed by atoms with Crippen molar-refractivity contribution in [1.82, 2.24) is 4.98 Å². The number of thiazole rings is 1. The molecule has 2 N–H and O–H groups in total. The minimum absolute atomic E-state index is 0.0467. The van der Waals surface area contributed by atoms with Gasteiger partial charge in [-0.2, -0.15) is 0 Å². The number of hydrogen-bond donors (Lipinski definition) is 1.